The van der Waals surface area contributed by atoms with Crippen LogP contribution in [0.4, 0.5) is 4.79 Å². The second-order valence-electron chi connectivity index (χ2n) is 22.4. The average Bonchev–Trinajstić information content (AvgIpc) is 3.75. The fourth-order valence-corrected chi connectivity index (χ4v) is 8.51. The van der Waals surface area contributed by atoms with E-state index < -0.39 is 129 Å². The summed E-state index contributed by atoms with van der Waals surface area (Å²) in [4.78, 5) is 125. The minimum Gasteiger partial charge on any atom is -0.481 e. The van der Waals surface area contributed by atoms with Gasteiger partial charge in [-0.2, -0.15) is 8.42 Å². The molecular formula is C54H73N9O15S. The number of carboxylic acids is 1. The van der Waals surface area contributed by atoms with Gasteiger partial charge in [-0.25, -0.2) is 4.79 Å². The van der Waals surface area contributed by atoms with E-state index in [-0.39, 0.29) is 37.9 Å². The van der Waals surface area contributed by atoms with Gasteiger partial charge in [0, 0.05) is 36.4 Å². The number of para-hydroxylation sites is 1. The van der Waals surface area contributed by atoms with E-state index in [1.54, 1.807) is 123 Å². The molecule has 8 amide bonds. The molecule has 0 saturated heterocycles. The minimum absolute atomic E-state index is 0.0181. The summed E-state index contributed by atoms with van der Waals surface area (Å²) in [7, 11) is -4.83. The van der Waals surface area contributed by atoms with Gasteiger partial charge in [-0.15, -0.1) is 0 Å². The number of fused-ring (bicyclic) bond motifs is 1. The van der Waals surface area contributed by atoms with Gasteiger partial charge < -0.3 is 62.0 Å². The molecule has 12 N–H and O–H groups in total. The van der Waals surface area contributed by atoms with Crippen molar-refractivity contribution in [3.05, 3.63) is 102 Å². The van der Waals surface area contributed by atoms with E-state index >= 15 is 0 Å². The smallest absolute Gasteiger partial charge is 0.446 e. The Labute approximate surface area is 458 Å². The highest BCUT2D eigenvalue weighted by Crippen LogP contribution is 2.24. The monoisotopic (exact) mass is 1120 g/mol. The molecule has 4 rings (SSSR count). The summed E-state index contributed by atoms with van der Waals surface area (Å²) in [6.45, 7) is 14.8. The number of hydrogen-bond acceptors (Lipinski definition) is 13. The Morgan fingerprint density at radius 3 is 1.61 bits per heavy atom. The Morgan fingerprint density at radius 2 is 1.06 bits per heavy atom. The van der Waals surface area contributed by atoms with Crippen molar-refractivity contribution in [1.29, 1.82) is 0 Å². The Balaban J connectivity index is 1.58. The maximum atomic E-state index is 14.5. The van der Waals surface area contributed by atoms with E-state index in [1.165, 1.54) is 24.3 Å². The molecule has 1 aromatic heterocycles. The van der Waals surface area contributed by atoms with Gasteiger partial charge in [-0.3, -0.25) is 42.9 Å². The van der Waals surface area contributed by atoms with Gasteiger partial charge in [-0.05, 0) is 79.3 Å². The number of primary amides is 1. The van der Waals surface area contributed by atoms with Gasteiger partial charge in [0.1, 0.15) is 47.6 Å². The molecule has 0 fully saturated rings. The summed E-state index contributed by atoms with van der Waals surface area (Å²) < 4.78 is 41.4. The lowest BCUT2D eigenvalue weighted by atomic mass is 9.87. The van der Waals surface area contributed by atoms with Crippen molar-refractivity contribution in [1.82, 2.24) is 42.2 Å². The highest BCUT2D eigenvalue weighted by molar-refractivity contribution is 7.81. The summed E-state index contributed by atoms with van der Waals surface area (Å²) in [6.07, 6.45) is -0.654. The number of rotatable bonds is 26. The van der Waals surface area contributed by atoms with Gasteiger partial charge in [-0.1, -0.05) is 102 Å². The number of benzene rings is 3. The lowest BCUT2D eigenvalue weighted by Crippen LogP contribution is -2.59. The Morgan fingerprint density at radius 1 is 0.582 bits per heavy atom. The van der Waals surface area contributed by atoms with Crippen molar-refractivity contribution in [2.45, 2.75) is 143 Å². The van der Waals surface area contributed by atoms with Crippen LogP contribution in [-0.2, 0) is 72.8 Å². The van der Waals surface area contributed by atoms with Crippen LogP contribution in [0.1, 0.15) is 98.3 Å². The molecule has 79 heavy (non-hydrogen) atoms. The van der Waals surface area contributed by atoms with Crippen LogP contribution < -0.4 is 47.1 Å². The van der Waals surface area contributed by atoms with E-state index in [0.717, 1.165) is 0 Å². The van der Waals surface area contributed by atoms with Crippen molar-refractivity contribution >= 4 is 74.7 Å². The number of aromatic nitrogens is 1. The van der Waals surface area contributed by atoms with Crippen LogP contribution in [-0.4, -0.2) is 125 Å². The number of ether oxygens (including phenoxy) is 1. The van der Waals surface area contributed by atoms with Crippen molar-refractivity contribution in [2.24, 2.45) is 16.6 Å². The zero-order valence-corrected chi connectivity index (χ0v) is 46.5. The second-order valence-corrected chi connectivity index (χ2v) is 23.4. The lowest BCUT2D eigenvalue weighted by molar-refractivity contribution is -0.141. The fraction of sp³-hybridized carbons (Fsp3) is 0.463. The first-order valence-corrected chi connectivity index (χ1v) is 26.6. The molecule has 0 aliphatic heterocycles. The third-order valence-corrected chi connectivity index (χ3v) is 12.0. The van der Waals surface area contributed by atoms with Gasteiger partial charge in [0.05, 0.1) is 13.0 Å². The number of amides is 8. The summed E-state index contributed by atoms with van der Waals surface area (Å²) in [5.74, 6) is -7.98. The summed E-state index contributed by atoms with van der Waals surface area (Å²) in [6, 6.07) is 12.4. The SMILES string of the molecule is CC(C)(C)C[C@H](NC(=O)[C@H](Cc1ccc(OS(=O)(=O)O)cc1)NC(=O)OC(C)(C)C)C(=O)NCC(=O)N[C@@H](Cc1c[nH]c2ccccc12)C(=O)N[C@@H](CC(C)(C)C)C(=O)N[C@@H](CC(=O)O)C(=O)N[C@@H](Cc1ccccc1)C(N)=O. The zero-order chi connectivity index (χ0) is 59.0. The highest BCUT2D eigenvalue weighted by atomic mass is 32.3. The first kappa shape index (κ1) is 63.5. The number of H-pyrrole nitrogens is 1. The Hall–Kier alpha value is -8.06. The van der Waals surface area contributed by atoms with Crippen molar-refractivity contribution in [3.8, 4) is 5.75 Å². The molecule has 0 bridgehead atoms. The quantitative estimate of drug-likeness (QED) is 0.0403. The number of nitrogens with two attached hydrogens (primary N) is 1. The highest BCUT2D eigenvalue weighted by Gasteiger charge is 2.36. The van der Waals surface area contributed by atoms with Gasteiger partial charge in [0.2, 0.25) is 41.4 Å². The van der Waals surface area contributed by atoms with Crippen LogP contribution in [0.15, 0.2) is 85.1 Å². The van der Waals surface area contributed by atoms with Crippen LogP contribution in [0.3, 0.4) is 0 Å². The molecular weight excluding hydrogens is 1050 g/mol. The molecule has 4 aromatic rings. The Bertz CT molecular complexity index is 2930. The third-order valence-electron chi connectivity index (χ3n) is 11.6. The molecule has 0 radical (unpaired) electrons. The second kappa shape index (κ2) is 27.5. The molecule has 430 valence electrons. The van der Waals surface area contributed by atoms with Gasteiger partial charge in [0.15, 0.2) is 0 Å². The average molecular weight is 1120 g/mol. The molecule has 0 aliphatic rings. The molecule has 25 heteroatoms. The zero-order valence-electron chi connectivity index (χ0n) is 45.7. The van der Waals surface area contributed by atoms with Gasteiger partial charge in [0.25, 0.3) is 0 Å². The number of carbonyl (C=O) groups excluding carboxylic acids is 8. The lowest BCUT2D eigenvalue weighted by Gasteiger charge is -2.30. The van der Waals surface area contributed by atoms with E-state index in [2.05, 4.69) is 46.4 Å². The molecule has 0 saturated carbocycles. The Kier molecular flexibility index (Phi) is 22.1. The van der Waals surface area contributed by atoms with Crippen molar-refractivity contribution in [2.75, 3.05) is 6.54 Å². The van der Waals surface area contributed by atoms with E-state index in [0.29, 0.717) is 27.6 Å². The number of hydrogen-bond donors (Lipinski definition) is 11. The van der Waals surface area contributed by atoms with Crippen LogP contribution in [0, 0.1) is 10.8 Å². The number of aromatic amines is 1. The van der Waals surface area contributed by atoms with Crippen molar-refractivity contribution < 1.29 is 70.1 Å². The fourth-order valence-electron chi connectivity index (χ4n) is 8.15. The normalized spacial score (nSPS) is 14.2. The summed E-state index contributed by atoms with van der Waals surface area (Å²) in [5.41, 5.74) is 5.67. The first-order chi connectivity index (χ1) is 36.6. The summed E-state index contributed by atoms with van der Waals surface area (Å²) >= 11 is 0. The predicted octanol–water partition coefficient (Wildman–Crippen LogP) is 2.64. The topological polar surface area (TPSA) is 373 Å². The van der Waals surface area contributed by atoms with Crippen LogP contribution >= 0.6 is 0 Å². The number of carboxylic acid groups (broad SMARTS) is 1. The number of nitrogens with one attached hydrogen (secondary N) is 8. The van der Waals surface area contributed by atoms with Crippen LogP contribution in [0.5, 0.6) is 5.75 Å². The van der Waals surface area contributed by atoms with Gasteiger partial charge >= 0.3 is 22.5 Å². The number of alkyl carbamates (subject to hydrolysis) is 1. The maximum absolute atomic E-state index is 14.5. The molecule has 0 spiro atoms. The number of aliphatic carboxylic acids is 1. The molecule has 1 heterocycles. The maximum Gasteiger partial charge on any atom is 0.446 e. The van der Waals surface area contributed by atoms with E-state index in [1.807, 2.05) is 0 Å². The van der Waals surface area contributed by atoms with E-state index in [9.17, 15) is 56.7 Å². The van der Waals surface area contributed by atoms with E-state index in [4.69, 9.17) is 15.0 Å². The largest absolute Gasteiger partial charge is 0.481 e. The molecule has 24 nitrogen and oxygen atoms in total. The van der Waals surface area contributed by atoms with Crippen LogP contribution in [0.2, 0.25) is 0 Å². The molecule has 3 aromatic carbocycles. The molecule has 0 unspecified atom stereocenters. The van der Waals surface area contributed by atoms with Crippen molar-refractivity contribution in [3.63, 3.8) is 0 Å². The predicted molar refractivity (Wildman–Crippen MR) is 290 cm³/mol. The first-order valence-electron chi connectivity index (χ1n) is 25.3. The van der Waals surface area contributed by atoms with Crippen LogP contribution in [0.25, 0.3) is 10.9 Å². The number of carbonyl (C=O) groups is 9. The third kappa shape index (κ3) is 22.8. The summed E-state index contributed by atoms with van der Waals surface area (Å²) in [5, 5.41) is 28.4. The standard InChI is InChI=1S/C54H73N9O15S/c1-52(2,3)27-41(61-47(69)38(63-51(73)77-54(7,8)9)24-32-19-21-34(22-20-32)78-79(74,75)76)46(68)57-30-43(64)58-39(25-33-29-56-36-18-14-13-17-35(33)36)48(70)62-42(28-53(4,5)6)50(72)60-40(26-44(65)66)49(71)59-37(45(55)67)23-31-15-11-10-12-16-31/h10-22,29,37-42,56H,23-28,30H2,1-9H3,(H2,55,67)(H,57,68)(H,58,64)(H,59,71)(H,60,72)(H,61,69)(H,62,70)(H,63,73)(H,65,66)(H,74,75,76)/t37-,38-,39-,40-,41-,42-/m0/s1. The molecule has 6 atom stereocenters. The molecule has 0 aliphatic carbocycles. The minimum atomic E-state index is -4.83.